The Hall–Kier alpha value is -2.31. The number of thioether (sulfide) groups is 1. The van der Waals surface area contributed by atoms with Gasteiger partial charge in [-0.1, -0.05) is 81.0 Å². The zero-order valence-corrected chi connectivity index (χ0v) is 24.0. The number of hydrogen-bond acceptors (Lipinski definition) is 3. The molecule has 1 atom stereocenters. The fraction of sp³-hybridized carbons (Fsp3) is 0.167. The zero-order chi connectivity index (χ0) is 24.8. The lowest BCUT2D eigenvalue weighted by atomic mass is 9.81. The second kappa shape index (κ2) is 9.86. The van der Waals surface area contributed by atoms with Crippen LogP contribution in [0.15, 0.2) is 104 Å². The largest absolute Gasteiger partial charge is 0.338 e. The predicted molar refractivity (Wildman–Crippen MR) is 159 cm³/mol. The molecule has 0 bridgehead atoms. The lowest BCUT2D eigenvalue weighted by Gasteiger charge is -2.25. The summed E-state index contributed by atoms with van der Waals surface area (Å²) in [5.74, 6) is 0.439. The van der Waals surface area contributed by atoms with Crippen LogP contribution in [0, 0.1) is 0 Å². The van der Waals surface area contributed by atoms with Gasteiger partial charge in [-0.2, -0.15) is 4.57 Å². The highest BCUT2D eigenvalue weighted by Crippen LogP contribution is 2.47. The van der Waals surface area contributed by atoms with E-state index in [9.17, 15) is 0 Å². The number of nitrogens with zero attached hydrogens (tertiary/aromatic N) is 2. The van der Waals surface area contributed by atoms with Crippen LogP contribution in [0.4, 0.5) is 5.69 Å². The Morgan fingerprint density at radius 1 is 1.03 bits per heavy atom. The van der Waals surface area contributed by atoms with Crippen LogP contribution in [0.3, 0.4) is 0 Å². The van der Waals surface area contributed by atoms with E-state index in [-0.39, 0.29) is 0 Å². The van der Waals surface area contributed by atoms with Crippen LogP contribution in [-0.2, 0) is 7.05 Å². The van der Waals surface area contributed by atoms with Gasteiger partial charge in [0.25, 0.3) is 5.01 Å². The molecular weight excluding hydrogens is 568 g/mol. The number of allylic oxidation sites excluding steroid dienone is 4. The van der Waals surface area contributed by atoms with Gasteiger partial charge in [-0.3, -0.25) is 0 Å². The second-order valence-corrected chi connectivity index (χ2v) is 12.8. The number of halogens is 2. The molecule has 3 aromatic carbocycles. The van der Waals surface area contributed by atoms with E-state index in [0.717, 1.165) is 22.3 Å². The fourth-order valence-electron chi connectivity index (χ4n) is 5.00. The molecule has 180 valence electrons. The van der Waals surface area contributed by atoms with Crippen molar-refractivity contribution >= 4 is 72.6 Å². The Labute approximate surface area is 233 Å². The van der Waals surface area contributed by atoms with Gasteiger partial charge in [0.2, 0.25) is 5.52 Å². The molecule has 0 saturated heterocycles. The van der Waals surface area contributed by atoms with E-state index < -0.39 is 0 Å². The third-order valence-electron chi connectivity index (χ3n) is 6.89. The first-order valence-corrected chi connectivity index (χ1v) is 14.7. The van der Waals surface area contributed by atoms with Gasteiger partial charge in [-0.25, -0.2) is 0 Å². The third kappa shape index (κ3) is 4.70. The maximum Gasteiger partial charge on any atom is 0.262 e. The van der Waals surface area contributed by atoms with Crippen LogP contribution in [0.5, 0.6) is 0 Å². The van der Waals surface area contributed by atoms with Crippen molar-refractivity contribution in [2.24, 2.45) is 7.05 Å². The van der Waals surface area contributed by atoms with Gasteiger partial charge >= 0.3 is 0 Å². The molecule has 1 aliphatic heterocycles. The van der Waals surface area contributed by atoms with E-state index in [2.05, 4.69) is 118 Å². The molecule has 1 aromatic heterocycles. The summed E-state index contributed by atoms with van der Waals surface area (Å²) in [6.07, 6.45) is 9.20. The highest BCUT2D eigenvalue weighted by molar-refractivity contribution is 9.10. The average molecular weight is 593 g/mol. The predicted octanol–water partition coefficient (Wildman–Crippen LogP) is 9.11. The van der Waals surface area contributed by atoms with E-state index in [1.807, 2.05) is 29.2 Å². The van der Waals surface area contributed by atoms with Crippen molar-refractivity contribution in [1.82, 2.24) is 0 Å². The molecule has 0 amide bonds. The van der Waals surface area contributed by atoms with E-state index in [1.165, 1.54) is 47.5 Å². The molecule has 1 aliphatic carbocycles. The summed E-state index contributed by atoms with van der Waals surface area (Å²) in [6.45, 7) is 0. The molecule has 4 aromatic rings. The van der Waals surface area contributed by atoms with Crippen molar-refractivity contribution in [2.45, 2.75) is 23.7 Å². The number of para-hydroxylation sites is 1. The number of thiazole rings is 1. The van der Waals surface area contributed by atoms with Crippen molar-refractivity contribution in [1.29, 1.82) is 0 Å². The Bertz CT molecular complexity index is 1570. The molecule has 2 nitrogen and oxygen atoms in total. The van der Waals surface area contributed by atoms with E-state index in [1.54, 1.807) is 0 Å². The number of aryl methyl sites for hydroxylation is 1. The number of aromatic nitrogens is 1. The highest BCUT2D eigenvalue weighted by Gasteiger charge is 2.26. The first kappa shape index (κ1) is 24.1. The molecular formula is C30H25BrClN2S2+. The maximum absolute atomic E-state index is 6.29. The second-order valence-electron chi connectivity index (χ2n) is 9.32. The van der Waals surface area contributed by atoms with Crippen LogP contribution in [0.1, 0.15) is 29.3 Å². The minimum absolute atomic E-state index is 0.439. The Morgan fingerprint density at radius 3 is 2.64 bits per heavy atom. The fourth-order valence-corrected chi connectivity index (χ4v) is 7.66. The van der Waals surface area contributed by atoms with Crippen molar-refractivity contribution in [3.63, 3.8) is 0 Å². The summed E-state index contributed by atoms with van der Waals surface area (Å²) in [5, 5.41) is 3.29. The van der Waals surface area contributed by atoms with Gasteiger partial charge in [0.05, 0.1) is 10.7 Å². The lowest BCUT2D eigenvalue weighted by molar-refractivity contribution is -0.642. The molecule has 2 aliphatic rings. The minimum atomic E-state index is 0.439. The monoisotopic (exact) mass is 591 g/mol. The molecule has 6 heteroatoms. The van der Waals surface area contributed by atoms with Gasteiger partial charge in [0.1, 0.15) is 11.7 Å². The standard InChI is InChI=1S/C30H25BrClN2S2/c1-33-25-5-3-4-6-27(25)35-29(33)16-19-13-20(15-22(14-19)21-7-9-23(31)10-8-21)17-30-34(2)26-18-24(32)11-12-28(26)36-30/h3-13,16-18,22H,14-15H2,1-2H3/q+1. The Balaban J connectivity index is 1.39. The summed E-state index contributed by atoms with van der Waals surface area (Å²) in [4.78, 5) is 3.51. The van der Waals surface area contributed by atoms with Gasteiger partial charge in [-0.15, -0.1) is 0 Å². The number of anilines is 1. The minimum Gasteiger partial charge on any atom is -0.338 e. The number of hydrogen-bond donors (Lipinski definition) is 0. The average Bonchev–Trinajstić information content (AvgIpc) is 3.35. The molecule has 1 unspecified atom stereocenters. The zero-order valence-electron chi connectivity index (χ0n) is 20.0. The summed E-state index contributed by atoms with van der Waals surface area (Å²) in [6, 6.07) is 23.6. The molecule has 0 fully saturated rings. The van der Waals surface area contributed by atoms with Gasteiger partial charge < -0.3 is 4.90 Å². The summed E-state index contributed by atoms with van der Waals surface area (Å²) < 4.78 is 4.75. The molecule has 36 heavy (non-hydrogen) atoms. The van der Waals surface area contributed by atoms with Gasteiger partial charge in [0.15, 0.2) is 0 Å². The van der Waals surface area contributed by atoms with Gasteiger partial charge in [-0.05, 0) is 77.9 Å². The van der Waals surface area contributed by atoms with Crippen LogP contribution < -0.4 is 9.47 Å². The highest BCUT2D eigenvalue weighted by atomic mass is 79.9. The smallest absolute Gasteiger partial charge is 0.262 e. The van der Waals surface area contributed by atoms with E-state index >= 15 is 0 Å². The van der Waals surface area contributed by atoms with Crippen LogP contribution in [0.2, 0.25) is 5.02 Å². The van der Waals surface area contributed by atoms with E-state index in [0.29, 0.717) is 5.92 Å². The Morgan fingerprint density at radius 2 is 1.83 bits per heavy atom. The molecule has 0 saturated carbocycles. The van der Waals surface area contributed by atoms with Crippen molar-refractivity contribution in [2.75, 3.05) is 11.9 Å². The molecule has 0 radical (unpaired) electrons. The third-order valence-corrected chi connectivity index (χ3v) is 9.99. The molecule has 2 heterocycles. The van der Waals surface area contributed by atoms with Crippen LogP contribution in [0.25, 0.3) is 16.3 Å². The van der Waals surface area contributed by atoms with Crippen molar-refractivity contribution < 1.29 is 4.57 Å². The van der Waals surface area contributed by atoms with Crippen molar-refractivity contribution in [3.05, 3.63) is 115 Å². The summed E-state index contributed by atoms with van der Waals surface area (Å²) in [5.41, 5.74) is 6.57. The summed E-state index contributed by atoms with van der Waals surface area (Å²) >= 11 is 13.6. The van der Waals surface area contributed by atoms with Crippen molar-refractivity contribution in [3.8, 4) is 0 Å². The van der Waals surface area contributed by atoms with Crippen LogP contribution >= 0.6 is 50.6 Å². The Kier molecular flexibility index (Phi) is 6.59. The van der Waals surface area contributed by atoms with Crippen LogP contribution in [-0.4, -0.2) is 7.05 Å². The molecule has 6 rings (SSSR count). The number of benzene rings is 3. The summed E-state index contributed by atoms with van der Waals surface area (Å²) in [7, 11) is 4.30. The first-order chi connectivity index (χ1) is 17.4. The van der Waals surface area contributed by atoms with Gasteiger partial charge in [0, 0.05) is 33.6 Å². The maximum atomic E-state index is 6.29. The first-order valence-electron chi connectivity index (χ1n) is 11.9. The quantitative estimate of drug-likeness (QED) is 0.219. The normalized spacial score (nSPS) is 19.8. The molecule has 0 N–H and O–H groups in total. The number of rotatable bonds is 3. The van der Waals surface area contributed by atoms with E-state index in [4.69, 9.17) is 11.6 Å². The SMILES string of the molecule is CN1C(=CC2=CC(=Cc3sc4ccccc4[n+]3C)CC(c3ccc(Br)cc3)C2)Sc2ccc(Cl)cc21. The lowest BCUT2D eigenvalue weighted by Crippen LogP contribution is -2.29. The number of fused-ring (bicyclic) bond motifs is 2. The topological polar surface area (TPSA) is 7.12 Å². The molecule has 0 spiro atoms.